The van der Waals surface area contributed by atoms with Gasteiger partial charge in [-0.3, -0.25) is 4.79 Å². The third-order valence-electron chi connectivity index (χ3n) is 3.78. The van der Waals surface area contributed by atoms with Crippen molar-refractivity contribution in [3.05, 3.63) is 35.0 Å². The second kappa shape index (κ2) is 6.80. The summed E-state index contributed by atoms with van der Waals surface area (Å²) in [5.74, 6) is 0.292. The van der Waals surface area contributed by atoms with Gasteiger partial charge in [-0.15, -0.1) is 0 Å². The number of nitrogens with one attached hydrogen (secondary N) is 2. The van der Waals surface area contributed by atoms with Crippen LogP contribution in [-0.4, -0.2) is 17.4 Å². The maximum absolute atomic E-state index is 11.9. The molecule has 0 aliphatic rings. The van der Waals surface area contributed by atoms with Gasteiger partial charge in [0.2, 0.25) is 5.91 Å². The molecule has 0 saturated carbocycles. The fraction of sp³-hybridized carbons (Fsp3) is 0.438. The topological polar surface area (TPSA) is 44.9 Å². The van der Waals surface area contributed by atoms with Crippen molar-refractivity contribution < 1.29 is 4.79 Å². The molecule has 1 heterocycles. The van der Waals surface area contributed by atoms with E-state index in [-0.39, 0.29) is 11.8 Å². The van der Waals surface area contributed by atoms with Gasteiger partial charge in [0.15, 0.2) is 0 Å². The summed E-state index contributed by atoms with van der Waals surface area (Å²) in [7, 11) is 0. The van der Waals surface area contributed by atoms with E-state index >= 15 is 0 Å². The van der Waals surface area contributed by atoms with Crippen molar-refractivity contribution >= 4 is 28.4 Å². The van der Waals surface area contributed by atoms with Gasteiger partial charge >= 0.3 is 0 Å². The fourth-order valence-electron chi connectivity index (χ4n) is 2.48. The number of hydrogen-bond donors (Lipinski definition) is 2. The Kier molecular flexibility index (Phi) is 5.07. The average molecular weight is 293 g/mol. The Balaban J connectivity index is 1.96. The number of aromatic amines is 1. The van der Waals surface area contributed by atoms with E-state index in [2.05, 4.69) is 24.1 Å². The monoisotopic (exact) mass is 292 g/mol. The van der Waals surface area contributed by atoms with E-state index in [1.165, 1.54) is 5.56 Å². The lowest BCUT2D eigenvalue weighted by Crippen LogP contribution is -2.31. The van der Waals surface area contributed by atoms with E-state index in [1.54, 1.807) is 0 Å². The summed E-state index contributed by atoms with van der Waals surface area (Å²) < 4.78 is 0. The van der Waals surface area contributed by atoms with Crippen molar-refractivity contribution in [2.24, 2.45) is 5.92 Å². The Bertz CT molecular complexity index is 587. The summed E-state index contributed by atoms with van der Waals surface area (Å²) in [6.45, 7) is 4.76. The average Bonchev–Trinajstić information content (AvgIpc) is 2.83. The molecule has 0 radical (unpaired) electrons. The highest BCUT2D eigenvalue weighted by Crippen LogP contribution is 2.22. The molecular weight excluding hydrogens is 272 g/mol. The quantitative estimate of drug-likeness (QED) is 0.833. The lowest BCUT2D eigenvalue weighted by atomic mass is 10.0. The van der Waals surface area contributed by atoms with E-state index in [1.807, 2.05) is 24.4 Å². The number of rotatable bonds is 6. The van der Waals surface area contributed by atoms with Gasteiger partial charge in [-0.2, -0.15) is 0 Å². The predicted octanol–water partition coefficient (Wildman–Crippen LogP) is 3.92. The van der Waals surface area contributed by atoms with Gasteiger partial charge in [-0.1, -0.05) is 25.4 Å². The molecule has 1 aromatic carbocycles. The van der Waals surface area contributed by atoms with Crippen molar-refractivity contribution in [3.8, 4) is 0 Å². The molecule has 0 bridgehead atoms. The predicted molar refractivity (Wildman–Crippen MR) is 84.1 cm³/mol. The van der Waals surface area contributed by atoms with Crippen molar-refractivity contribution in [1.29, 1.82) is 0 Å². The number of aromatic nitrogens is 1. The summed E-state index contributed by atoms with van der Waals surface area (Å²) in [5, 5.41) is 4.89. The highest BCUT2D eigenvalue weighted by Gasteiger charge is 2.13. The fourth-order valence-corrected chi connectivity index (χ4v) is 2.65. The van der Waals surface area contributed by atoms with E-state index in [9.17, 15) is 4.79 Å². The van der Waals surface area contributed by atoms with Crippen LogP contribution >= 0.6 is 11.6 Å². The Morgan fingerprint density at radius 2 is 2.10 bits per heavy atom. The number of H-pyrrole nitrogens is 1. The summed E-state index contributed by atoms with van der Waals surface area (Å²) in [5.41, 5.74) is 2.27. The van der Waals surface area contributed by atoms with Crippen molar-refractivity contribution in [2.45, 2.75) is 33.1 Å². The largest absolute Gasteiger partial charge is 0.361 e. The smallest absolute Gasteiger partial charge is 0.223 e. The van der Waals surface area contributed by atoms with E-state index < -0.39 is 0 Å². The van der Waals surface area contributed by atoms with Gasteiger partial charge in [-0.05, 0) is 43.0 Å². The normalized spacial score (nSPS) is 11.2. The first-order valence-electron chi connectivity index (χ1n) is 7.18. The highest BCUT2D eigenvalue weighted by molar-refractivity contribution is 6.31. The number of benzene rings is 1. The van der Waals surface area contributed by atoms with Crippen LogP contribution in [0.5, 0.6) is 0 Å². The van der Waals surface area contributed by atoms with Crippen LogP contribution in [0, 0.1) is 5.92 Å². The first-order chi connectivity index (χ1) is 9.65. The molecule has 2 aromatic rings. The molecule has 20 heavy (non-hydrogen) atoms. The summed E-state index contributed by atoms with van der Waals surface area (Å²) in [6.07, 6.45) is 4.59. The van der Waals surface area contributed by atoms with Gasteiger partial charge in [0.05, 0.1) is 0 Å². The Labute approximate surface area is 124 Å². The number of carbonyl (C=O) groups excluding carboxylic acids is 1. The molecule has 0 saturated heterocycles. The minimum atomic E-state index is 0.132. The Morgan fingerprint density at radius 1 is 1.35 bits per heavy atom. The van der Waals surface area contributed by atoms with Crippen LogP contribution in [0.15, 0.2) is 24.4 Å². The van der Waals surface area contributed by atoms with E-state index in [0.29, 0.717) is 6.54 Å². The Hall–Kier alpha value is -1.48. The molecular formula is C16H21ClN2O. The second-order valence-electron chi connectivity index (χ2n) is 5.06. The molecule has 0 aliphatic heterocycles. The number of halogens is 1. The molecule has 2 rings (SSSR count). The molecule has 1 amide bonds. The van der Waals surface area contributed by atoms with Crippen LogP contribution in [-0.2, 0) is 11.2 Å². The number of hydrogen-bond acceptors (Lipinski definition) is 1. The van der Waals surface area contributed by atoms with Gasteiger partial charge < -0.3 is 10.3 Å². The summed E-state index contributed by atoms with van der Waals surface area (Å²) in [4.78, 5) is 15.1. The van der Waals surface area contributed by atoms with Crippen molar-refractivity contribution in [1.82, 2.24) is 10.3 Å². The first-order valence-corrected chi connectivity index (χ1v) is 7.56. The van der Waals surface area contributed by atoms with Crippen molar-refractivity contribution in [3.63, 3.8) is 0 Å². The molecule has 0 fully saturated rings. The van der Waals surface area contributed by atoms with Crippen LogP contribution in [0.4, 0.5) is 0 Å². The molecule has 0 unspecified atom stereocenters. The standard InChI is InChI=1S/C16H21ClN2O/c1-3-11(4-2)16(20)18-8-7-12-10-19-15-6-5-13(17)9-14(12)15/h5-6,9-11,19H,3-4,7-8H2,1-2H3,(H,18,20). The number of amides is 1. The Morgan fingerprint density at radius 3 is 2.80 bits per heavy atom. The van der Waals surface area contributed by atoms with Crippen molar-refractivity contribution in [2.75, 3.05) is 6.54 Å². The van der Waals surface area contributed by atoms with E-state index in [0.717, 1.165) is 35.2 Å². The zero-order valence-corrected chi connectivity index (χ0v) is 12.8. The lowest BCUT2D eigenvalue weighted by Gasteiger charge is -2.12. The van der Waals surface area contributed by atoms with E-state index in [4.69, 9.17) is 11.6 Å². The first kappa shape index (κ1) is 14.9. The molecule has 0 atom stereocenters. The molecule has 0 spiro atoms. The molecule has 1 aromatic heterocycles. The zero-order valence-electron chi connectivity index (χ0n) is 12.0. The second-order valence-corrected chi connectivity index (χ2v) is 5.49. The van der Waals surface area contributed by atoms with Crippen LogP contribution in [0.25, 0.3) is 10.9 Å². The van der Waals surface area contributed by atoms with Crippen LogP contribution in [0.2, 0.25) is 5.02 Å². The summed E-state index contributed by atoms with van der Waals surface area (Å²) >= 11 is 6.03. The van der Waals surface area contributed by atoms with Crippen LogP contribution in [0.3, 0.4) is 0 Å². The molecule has 2 N–H and O–H groups in total. The molecule has 0 aliphatic carbocycles. The number of carbonyl (C=O) groups is 1. The van der Waals surface area contributed by atoms with Crippen LogP contribution < -0.4 is 5.32 Å². The van der Waals surface area contributed by atoms with Crippen LogP contribution in [0.1, 0.15) is 32.3 Å². The van der Waals surface area contributed by atoms with Gasteiger partial charge in [0, 0.05) is 34.6 Å². The van der Waals surface area contributed by atoms with Gasteiger partial charge in [0.1, 0.15) is 0 Å². The molecule has 3 nitrogen and oxygen atoms in total. The third-order valence-corrected chi connectivity index (χ3v) is 4.01. The lowest BCUT2D eigenvalue weighted by molar-refractivity contribution is -0.125. The number of fused-ring (bicyclic) bond motifs is 1. The molecule has 108 valence electrons. The third kappa shape index (κ3) is 3.34. The highest BCUT2D eigenvalue weighted by atomic mass is 35.5. The summed E-state index contributed by atoms with van der Waals surface area (Å²) in [6, 6.07) is 5.81. The zero-order chi connectivity index (χ0) is 14.5. The minimum absolute atomic E-state index is 0.132. The maximum Gasteiger partial charge on any atom is 0.223 e. The van der Waals surface area contributed by atoms with Gasteiger partial charge in [0.25, 0.3) is 0 Å². The SMILES string of the molecule is CCC(CC)C(=O)NCCc1c[nH]c2ccc(Cl)cc12. The van der Waals surface area contributed by atoms with Gasteiger partial charge in [-0.25, -0.2) is 0 Å². The maximum atomic E-state index is 11.9. The molecule has 4 heteroatoms. The minimum Gasteiger partial charge on any atom is -0.361 e.